The number of hydrogen-bond donors (Lipinski definition) is 2. The molecule has 38 heavy (non-hydrogen) atoms. The number of ether oxygens (including phenoxy) is 2. The van der Waals surface area contributed by atoms with E-state index >= 15 is 0 Å². The normalized spacial score (nSPS) is 17.8. The van der Waals surface area contributed by atoms with Crippen LogP contribution in [0.5, 0.6) is 11.5 Å². The smallest absolute Gasteiger partial charge is 0.210 e. The van der Waals surface area contributed by atoms with Crippen LogP contribution in [0.25, 0.3) is 16.7 Å². The van der Waals surface area contributed by atoms with Crippen molar-refractivity contribution in [3.05, 3.63) is 48.3 Å². The maximum absolute atomic E-state index is 10.4. The first kappa shape index (κ1) is 23.8. The maximum atomic E-state index is 10.4. The van der Waals surface area contributed by atoms with Gasteiger partial charge in [-0.15, -0.1) is 0 Å². The van der Waals surface area contributed by atoms with Gasteiger partial charge in [0, 0.05) is 36.6 Å². The summed E-state index contributed by atoms with van der Waals surface area (Å²) in [6, 6.07) is 3.90. The lowest BCUT2D eigenvalue weighted by Crippen LogP contribution is -2.28. The number of nitrogens with one attached hydrogen (secondary N) is 1. The molecule has 6 rings (SSSR count). The molecule has 2 N–H and O–H groups in total. The summed E-state index contributed by atoms with van der Waals surface area (Å²) in [5, 5.41) is 32.7. The second kappa shape index (κ2) is 8.79. The van der Waals surface area contributed by atoms with Gasteiger partial charge in [-0.3, -0.25) is 9.67 Å². The number of aromatic nitrogens is 8. The number of fused-ring (bicyclic) bond motifs is 2. The number of hydrogen-bond acceptors (Lipinski definition) is 10. The Morgan fingerprint density at radius 2 is 2.05 bits per heavy atom. The third-order valence-electron chi connectivity index (χ3n) is 6.56. The predicted octanol–water partition coefficient (Wildman–Crippen LogP) is 2.84. The lowest BCUT2D eigenvalue weighted by atomic mass is 9.91. The molecule has 0 amide bonds. The van der Waals surface area contributed by atoms with Crippen molar-refractivity contribution in [3.63, 3.8) is 0 Å². The average Bonchev–Trinajstić information content (AvgIpc) is 3.66. The van der Waals surface area contributed by atoms with Crippen molar-refractivity contribution in [3.8, 4) is 17.6 Å². The average molecular weight is 515 g/mol. The molecule has 1 aliphatic heterocycles. The van der Waals surface area contributed by atoms with Gasteiger partial charge in [-0.2, -0.15) is 20.4 Å². The van der Waals surface area contributed by atoms with Crippen molar-refractivity contribution in [1.82, 2.24) is 38.9 Å². The zero-order chi connectivity index (χ0) is 26.6. The van der Waals surface area contributed by atoms with Crippen LogP contribution in [-0.2, 0) is 17.2 Å². The predicted molar refractivity (Wildman–Crippen MR) is 136 cm³/mol. The SMILES string of the molecule is Cn1c(Nc2cc(C(C)(C)C)n([C@H]3COC[C@H]3O)n2)nc2ncc(Oc3cnn4ccncc34)c(C#N)c21. The summed E-state index contributed by atoms with van der Waals surface area (Å²) in [4.78, 5) is 13.2. The van der Waals surface area contributed by atoms with Crippen LogP contribution in [0.4, 0.5) is 11.8 Å². The van der Waals surface area contributed by atoms with Crippen LogP contribution in [0.15, 0.2) is 37.1 Å². The lowest BCUT2D eigenvalue weighted by Gasteiger charge is -2.24. The van der Waals surface area contributed by atoms with Gasteiger partial charge in [0.1, 0.15) is 34.8 Å². The Hall–Kier alpha value is -4.54. The lowest BCUT2D eigenvalue weighted by molar-refractivity contribution is 0.117. The molecule has 0 saturated carbocycles. The van der Waals surface area contributed by atoms with Crippen molar-refractivity contribution in [1.29, 1.82) is 5.26 Å². The number of aliphatic hydroxyl groups excluding tert-OH is 1. The van der Waals surface area contributed by atoms with Crippen LogP contribution in [-0.4, -0.2) is 63.3 Å². The molecule has 5 aromatic heterocycles. The van der Waals surface area contributed by atoms with Crippen LogP contribution in [0, 0.1) is 11.3 Å². The Morgan fingerprint density at radius 3 is 2.79 bits per heavy atom. The molecule has 13 heteroatoms. The van der Waals surface area contributed by atoms with Gasteiger partial charge in [0.25, 0.3) is 0 Å². The van der Waals surface area contributed by atoms with Gasteiger partial charge in [-0.25, -0.2) is 9.50 Å². The van der Waals surface area contributed by atoms with Crippen LogP contribution >= 0.6 is 0 Å². The summed E-state index contributed by atoms with van der Waals surface area (Å²) < 4.78 is 16.7. The molecule has 13 nitrogen and oxygen atoms in total. The third-order valence-corrected chi connectivity index (χ3v) is 6.56. The number of imidazole rings is 1. The van der Waals surface area contributed by atoms with E-state index < -0.39 is 6.10 Å². The first-order chi connectivity index (χ1) is 18.2. The summed E-state index contributed by atoms with van der Waals surface area (Å²) in [5.74, 6) is 1.74. The van der Waals surface area contributed by atoms with Crippen LogP contribution in [0.3, 0.4) is 0 Å². The summed E-state index contributed by atoms with van der Waals surface area (Å²) in [6.07, 6.45) is 7.37. The van der Waals surface area contributed by atoms with Gasteiger partial charge in [-0.1, -0.05) is 20.8 Å². The molecule has 0 unspecified atom stereocenters. The molecule has 1 saturated heterocycles. The number of pyridine rings is 1. The zero-order valence-electron chi connectivity index (χ0n) is 21.3. The second-order valence-corrected chi connectivity index (χ2v) is 10.2. The molecule has 0 aliphatic carbocycles. The van der Waals surface area contributed by atoms with Gasteiger partial charge in [0.2, 0.25) is 5.95 Å². The highest BCUT2D eigenvalue weighted by molar-refractivity contribution is 5.84. The first-order valence-electron chi connectivity index (χ1n) is 12.1. The van der Waals surface area contributed by atoms with E-state index in [0.29, 0.717) is 40.8 Å². The fourth-order valence-corrected chi connectivity index (χ4v) is 4.61. The van der Waals surface area contributed by atoms with E-state index in [9.17, 15) is 10.4 Å². The van der Waals surface area contributed by atoms with E-state index in [4.69, 9.17) is 14.6 Å². The van der Waals surface area contributed by atoms with E-state index in [0.717, 1.165) is 5.69 Å². The van der Waals surface area contributed by atoms with Crippen molar-refractivity contribution in [2.45, 2.75) is 38.3 Å². The topological polar surface area (TPSA) is 153 Å². The Balaban J connectivity index is 1.37. The minimum Gasteiger partial charge on any atom is -0.450 e. The minimum absolute atomic E-state index is 0.225. The Morgan fingerprint density at radius 1 is 1.21 bits per heavy atom. The molecule has 2 atom stereocenters. The Labute approximate surface area is 217 Å². The van der Waals surface area contributed by atoms with Crippen LogP contribution in [0.2, 0.25) is 0 Å². The van der Waals surface area contributed by atoms with Crippen molar-refractivity contribution < 1.29 is 14.6 Å². The number of aryl methyl sites for hydroxylation is 1. The quantitative estimate of drug-likeness (QED) is 0.358. The highest BCUT2D eigenvalue weighted by atomic mass is 16.5. The molecule has 1 aliphatic rings. The van der Waals surface area contributed by atoms with Gasteiger partial charge >= 0.3 is 0 Å². The fourth-order valence-electron chi connectivity index (χ4n) is 4.61. The molecule has 6 heterocycles. The van der Waals surface area contributed by atoms with Gasteiger partial charge in [-0.05, 0) is 0 Å². The van der Waals surface area contributed by atoms with E-state index in [1.165, 1.54) is 6.20 Å². The fraction of sp³-hybridized carbons (Fsp3) is 0.360. The van der Waals surface area contributed by atoms with Crippen molar-refractivity contribution in [2.75, 3.05) is 18.5 Å². The Bertz CT molecular complexity index is 1700. The van der Waals surface area contributed by atoms with E-state index in [1.54, 1.807) is 40.9 Å². The molecular formula is C25H26N10O3. The molecule has 0 aromatic carbocycles. The summed E-state index contributed by atoms with van der Waals surface area (Å²) in [6.45, 7) is 6.93. The Kier molecular flexibility index (Phi) is 5.51. The zero-order valence-corrected chi connectivity index (χ0v) is 21.3. The minimum atomic E-state index is -0.635. The molecular weight excluding hydrogens is 488 g/mol. The van der Waals surface area contributed by atoms with Crippen LogP contribution < -0.4 is 10.1 Å². The van der Waals surface area contributed by atoms with E-state index in [-0.39, 0.29) is 29.4 Å². The standard InChI is InChI=1S/C25H26N10O3/c1-25(2,3)20-7-21(32-35(20)16-12-37-13-17(16)36)30-24-31-23-22(33(24)4)14(8-26)18(10-28-23)38-19-11-29-34-6-5-27-9-15(19)34/h5-7,9-11,16-17,36H,12-13H2,1-4H3,(H,28,30,31,32)/t16-,17+/m0/s1. The number of anilines is 2. The van der Waals surface area contributed by atoms with Gasteiger partial charge in [0.05, 0.1) is 31.8 Å². The van der Waals surface area contributed by atoms with E-state index in [2.05, 4.69) is 52.2 Å². The monoisotopic (exact) mass is 514 g/mol. The molecule has 1 fully saturated rings. The van der Waals surface area contributed by atoms with Crippen LogP contribution in [0.1, 0.15) is 38.1 Å². The highest BCUT2D eigenvalue weighted by Crippen LogP contribution is 2.34. The molecule has 0 radical (unpaired) electrons. The highest BCUT2D eigenvalue weighted by Gasteiger charge is 2.33. The van der Waals surface area contributed by atoms with Crippen molar-refractivity contribution >= 4 is 28.4 Å². The molecule has 0 spiro atoms. The summed E-state index contributed by atoms with van der Waals surface area (Å²) in [5.41, 5.74) is 2.56. The number of nitrogens with zero attached hydrogens (tertiary/aromatic N) is 9. The molecule has 0 bridgehead atoms. The number of aliphatic hydroxyl groups is 1. The summed E-state index contributed by atoms with van der Waals surface area (Å²) in [7, 11) is 1.79. The largest absolute Gasteiger partial charge is 0.450 e. The molecule has 194 valence electrons. The third kappa shape index (κ3) is 3.90. The second-order valence-electron chi connectivity index (χ2n) is 10.2. The van der Waals surface area contributed by atoms with Crippen molar-refractivity contribution in [2.24, 2.45) is 7.05 Å². The van der Waals surface area contributed by atoms with Gasteiger partial charge in [0.15, 0.2) is 23.0 Å². The summed E-state index contributed by atoms with van der Waals surface area (Å²) >= 11 is 0. The van der Waals surface area contributed by atoms with E-state index in [1.807, 2.05) is 10.7 Å². The number of nitriles is 1. The first-order valence-corrected chi connectivity index (χ1v) is 12.1. The maximum Gasteiger partial charge on any atom is 0.210 e. The number of rotatable bonds is 5. The van der Waals surface area contributed by atoms with Gasteiger partial charge < -0.3 is 24.5 Å². The molecule has 5 aromatic rings.